The van der Waals surface area contributed by atoms with Crippen LogP contribution >= 0.6 is 0 Å². The molecule has 0 aliphatic rings. The van der Waals surface area contributed by atoms with Gasteiger partial charge in [-0.1, -0.05) is 0 Å². The Morgan fingerprint density at radius 2 is 1.12 bits per heavy atom. The van der Waals surface area contributed by atoms with E-state index in [1.807, 2.05) is 0 Å². The molecule has 40 valence electrons. The maximum Gasteiger partial charge on any atom is 2.00 e. The van der Waals surface area contributed by atoms with Gasteiger partial charge >= 0.3 is 67.6 Å². The van der Waals surface area contributed by atoms with Gasteiger partial charge in [-0.2, -0.15) is 8.42 Å². The predicted octanol–water partition coefficient (Wildman–Crippen LogP) is -1.15. The summed E-state index contributed by atoms with van der Waals surface area (Å²) >= 11 is 0. The Kier molecular flexibility index (Phi) is 24.6. The van der Waals surface area contributed by atoms with E-state index < -0.39 is 10.4 Å². The number of rotatable bonds is 0. The minimum Gasteiger partial charge on any atom is -2.00 e. The molecule has 0 amide bonds. The Hall–Kier alpha value is 1.71. The topological polar surface area (TPSA) is 103 Å². The van der Waals surface area contributed by atoms with Crippen LogP contribution in [-0.2, 0) is 35.4 Å². The minimum absolute atomic E-state index is 0. The van der Waals surface area contributed by atoms with Gasteiger partial charge in [0.2, 0.25) is 0 Å². The summed E-state index contributed by atoms with van der Waals surface area (Å²) in [6.07, 6.45) is 0. The molecule has 0 heterocycles. The third kappa shape index (κ3) is 118. The van der Waals surface area contributed by atoms with E-state index in [0.717, 1.165) is 0 Å². The van der Waals surface area contributed by atoms with Crippen LogP contribution < -0.4 is 0 Å². The number of hydrogen-bond acceptors (Lipinski definition) is 2. The zero-order valence-electron chi connectivity index (χ0n) is 3.94. The SMILES string of the molecule is O=S(=O)(O)O.[Ca+2].[O-2].[Zn+2]. The van der Waals surface area contributed by atoms with Gasteiger partial charge in [0.15, 0.2) is 0 Å². The van der Waals surface area contributed by atoms with Gasteiger partial charge in [-0.3, -0.25) is 9.11 Å². The van der Waals surface area contributed by atoms with E-state index >= 15 is 0 Å². The van der Waals surface area contributed by atoms with Gasteiger partial charge in [0.05, 0.1) is 0 Å². The van der Waals surface area contributed by atoms with Crippen LogP contribution in [0.25, 0.3) is 0 Å². The van der Waals surface area contributed by atoms with Crippen LogP contribution in [0.1, 0.15) is 0 Å². The molecule has 0 unspecified atom stereocenters. The Balaban J connectivity index is -0.0000000267. The summed E-state index contributed by atoms with van der Waals surface area (Å²) in [5.41, 5.74) is 0. The van der Waals surface area contributed by atoms with E-state index in [4.69, 9.17) is 17.5 Å². The van der Waals surface area contributed by atoms with Crippen molar-refractivity contribution in [3.8, 4) is 0 Å². The molecule has 0 spiro atoms. The summed E-state index contributed by atoms with van der Waals surface area (Å²) in [4.78, 5) is 0. The minimum atomic E-state index is -4.67. The molecular weight excluding hydrogens is 218 g/mol. The van der Waals surface area contributed by atoms with Crippen LogP contribution in [-0.4, -0.2) is 55.3 Å². The first-order valence-electron chi connectivity index (χ1n) is 0.698. The van der Waals surface area contributed by atoms with Crippen molar-refractivity contribution < 1.29 is 42.5 Å². The summed E-state index contributed by atoms with van der Waals surface area (Å²) in [7, 11) is -4.67. The molecular formula is H2CaO5SZn+2. The third-order valence-corrected chi connectivity index (χ3v) is 0. The van der Waals surface area contributed by atoms with Crippen molar-refractivity contribution in [2.75, 3.05) is 0 Å². The van der Waals surface area contributed by atoms with Gasteiger partial charge < -0.3 is 5.48 Å². The maximum absolute atomic E-state index is 8.74. The molecule has 0 bridgehead atoms. The summed E-state index contributed by atoms with van der Waals surface area (Å²) in [6.45, 7) is 0. The van der Waals surface area contributed by atoms with Gasteiger partial charge in [-0.05, 0) is 0 Å². The Morgan fingerprint density at radius 1 is 1.12 bits per heavy atom. The Morgan fingerprint density at radius 3 is 1.12 bits per heavy atom. The first-order chi connectivity index (χ1) is 2.00. The van der Waals surface area contributed by atoms with Crippen LogP contribution in [0, 0.1) is 0 Å². The second-order valence-corrected chi connectivity index (χ2v) is 1.34. The molecule has 0 aromatic carbocycles. The summed E-state index contributed by atoms with van der Waals surface area (Å²) < 4.78 is 31.6. The van der Waals surface area contributed by atoms with Gasteiger partial charge in [0.25, 0.3) is 0 Å². The first-order valence-corrected chi connectivity index (χ1v) is 2.10. The quantitative estimate of drug-likeness (QED) is 0.396. The molecule has 0 aliphatic heterocycles. The first kappa shape index (κ1) is 22.6. The third-order valence-electron chi connectivity index (χ3n) is 0. The van der Waals surface area contributed by atoms with Gasteiger partial charge in [-0.15, -0.1) is 0 Å². The Labute approximate surface area is 89.5 Å². The van der Waals surface area contributed by atoms with Gasteiger partial charge in [-0.25, -0.2) is 0 Å². The van der Waals surface area contributed by atoms with Crippen molar-refractivity contribution >= 4 is 48.1 Å². The average Bonchev–Trinajstić information content (AvgIpc) is 0.722. The standard InChI is InChI=1S/Ca.H2O4S.O.Zn/c;1-5(2,3)4;;/h;(H2,1,2,3,4);;/q+2;;-2;+2. The molecule has 0 aromatic rings. The molecule has 0 saturated heterocycles. The molecule has 0 radical (unpaired) electrons. The van der Waals surface area contributed by atoms with Crippen LogP contribution in [0.15, 0.2) is 0 Å². The molecule has 8 heteroatoms. The van der Waals surface area contributed by atoms with E-state index in [1.54, 1.807) is 0 Å². The van der Waals surface area contributed by atoms with E-state index in [0.29, 0.717) is 0 Å². The van der Waals surface area contributed by atoms with Crippen LogP contribution in [0.3, 0.4) is 0 Å². The average molecular weight is 220 g/mol. The summed E-state index contributed by atoms with van der Waals surface area (Å²) in [6, 6.07) is 0. The molecule has 5 nitrogen and oxygen atoms in total. The van der Waals surface area contributed by atoms with E-state index in [2.05, 4.69) is 0 Å². The molecule has 0 aromatic heterocycles. The van der Waals surface area contributed by atoms with E-state index in [1.165, 1.54) is 0 Å². The Bertz CT molecular complexity index is 95.6. The maximum atomic E-state index is 8.74. The van der Waals surface area contributed by atoms with Gasteiger partial charge in [0, 0.05) is 0 Å². The molecule has 2 N–H and O–H groups in total. The fourth-order valence-electron chi connectivity index (χ4n) is 0. The van der Waals surface area contributed by atoms with Crippen LogP contribution in [0.4, 0.5) is 0 Å². The second-order valence-electron chi connectivity index (χ2n) is 0.448. The van der Waals surface area contributed by atoms with Crippen molar-refractivity contribution in [2.45, 2.75) is 0 Å². The van der Waals surface area contributed by atoms with Crippen molar-refractivity contribution in [3.63, 3.8) is 0 Å². The van der Waals surface area contributed by atoms with Crippen LogP contribution in [0.5, 0.6) is 0 Å². The van der Waals surface area contributed by atoms with Crippen molar-refractivity contribution in [3.05, 3.63) is 0 Å². The van der Waals surface area contributed by atoms with E-state index in [-0.39, 0.29) is 62.7 Å². The van der Waals surface area contributed by atoms with Gasteiger partial charge in [0.1, 0.15) is 0 Å². The number of hydrogen-bond donors (Lipinski definition) is 2. The monoisotopic (exact) mass is 218 g/mol. The molecule has 8 heavy (non-hydrogen) atoms. The fraction of sp³-hybridized carbons (Fsp3) is 0. The normalized spacial score (nSPS) is 7.25. The summed E-state index contributed by atoms with van der Waals surface area (Å²) in [5.74, 6) is 0. The molecule has 0 saturated carbocycles. The smallest absolute Gasteiger partial charge is 2.00 e. The molecule has 0 rings (SSSR count). The molecule has 0 aliphatic carbocycles. The zero-order valence-corrected chi connectivity index (χ0v) is 9.93. The fourth-order valence-corrected chi connectivity index (χ4v) is 0. The second kappa shape index (κ2) is 8.71. The summed E-state index contributed by atoms with van der Waals surface area (Å²) in [5, 5.41) is 0. The van der Waals surface area contributed by atoms with Crippen LogP contribution in [0.2, 0.25) is 0 Å². The predicted molar refractivity (Wildman–Crippen MR) is 20.6 cm³/mol. The van der Waals surface area contributed by atoms with Crippen molar-refractivity contribution in [1.29, 1.82) is 0 Å². The van der Waals surface area contributed by atoms with Crippen molar-refractivity contribution in [2.24, 2.45) is 0 Å². The largest absolute Gasteiger partial charge is 2.00 e. The zero-order chi connectivity index (χ0) is 4.50. The molecule has 0 fully saturated rings. The van der Waals surface area contributed by atoms with E-state index in [9.17, 15) is 0 Å². The molecule has 0 atom stereocenters. The van der Waals surface area contributed by atoms with Crippen molar-refractivity contribution in [1.82, 2.24) is 0 Å².